The van der Waals surface area contributed by atoms with Gasteiger partial charge in [0.25, 0.3) is 0 Å². The van der Waals surface area contributed by atoms with Crippen molar-refractivity contribution >= 4 is 23.2 Å². The van der Waals surface area contributed by atoms with Gasteiger partial charge >= 0.3 is 0 Å². The largest absolute Gasteiger partial charge is 0.299 e. The summed E-state index contributed by atoms with van der Waals surface area (Å²) in [4.78, 5) is 5.30. The van der Waals surface area contributed by atoms with Crippen LogP contribution in [-0.4, -0.2) is 42.0 Å². The molecule has 2 fully saturated rings. The maximum Gasteiger partial charge on any atom is 0.0468 e. The summed E-state index contributed by atoms with van der Waals surface area (Å²) in [5.41, 5.74) is 1.20. The molecule has 0 N–H and O–H groups in total. The van der Waals surface area contributed by atoms with Crippen molar-refractivity contribution in [2.45, 2.75) is 44.7 Å². The van der Waals surface area contributed by atoms with Crippen molar-refractivity contribution in [2.24, 2.45) is 0 Å². The Morgan fingerprint density at radius 2 is 1.90 bits per heavy atom. The van der Waals surface area contributed by atoms with Crippen LogP contribution in [0.1, 0.15) is 44.2 Å². The van der Waals surface area contributed by atoms with Gasteiger partial charge in [-0.25, -0.2) is 0 Å². The lowest BCUT2D eigenvalue weighted by molar-refractivity contribution is 0.123. The van der Waals surface area contributed by atoms with Crippen LogP contribution in [0, 0.1) is 0 Å². The molecule has 0 bridgehead atoms. The third kappa shape index (κ3) is 3.56. The molecule has 1 aromatic carbocycles. The van der Waals surface area contributed by atoms with Crippen LogP contribution in [0.2, 0.25) is 10.0 Å². The highest BCUT2D eigenvalue weighted by Crippen LogP contribution is 2.32. The Kier molecular flexibility index (Phi) is 5.11. The van der Waals surface area contributed by atoms with Crippen molar-refractivity contribution in [1.82, 2.24) is 9.80 Å². The Morgan fingerprint density at radius 1 is 1.10 bits per heavy atom. The lowest BCUT2D eigenvalue weighted by Gasteiger charge is -2.37. The quantitative estimate of drug-likeness (QED) is 0.782. The number of hydrogen-bond donors (Lipinski definition) is 0. The lowest BCUT2D eigenvalue weighted by Crippen LogP contribution is -2.44. The van der Waals surface area contributed by atoms with Crippen LogP contribution in [0.25, 0.3) is 0 Å². The molecule has 0 spiro atoms. The molecule has 0 saturated carbocycles. The minimum Gasteiger partial charge on any atom is -0.299 e. The highest BCUT2D eigenvalue weighted by Gasteiger charge is 2.29. The van der Waals surface area contributed by atoms with Crippen molar-refractivity contribution < 1.29 is 0 Å². The fourth-order valence-corrected chi connectivity index (χ4v) is 4.36. The minimum atomic E-state index is 0.358. The average molecular weight is 327 g/mol. The van der Waals surface area contributed by atoms with E-state index in [0.717, 1.165) is 17.6 Å². The first kappa shape index (κ1) is 15.6. The van der Waals surface area contributed by atoms with Gasteiger partial charge < -0.3 is 0 Å². The molecule has 2 atom stereocenters. The summed E-state index contributed by atoms with van der Waals surface area (Å²) in [6, 6.07) is 6.98. The highest BCUT2D eigenvalue weighted by molar-refractivity contribution is 6.35. The maximum absolute atomic E-state index is 6.40. The molecule has 21 heavy (non-hydrogen) atoms. The molecule has 2 heterocycles. The molecule has 3 rings (SSSR count). The summed E-state index contributed by atoms with van der Waals surface area (Å²) in [5.74, 6) is 0. The van der Waals surface area contributed by atoms with E-state index in [9.17, 15) is 0 Å². The van der Waals surface area contributed by atoms with Gasteiger partial charge in [-0.3, -0.25) is 9.80 Å². The van der Waals surface area contributed by atoms with Crippen LogP contribution in [0.4, 0.5) is 0 Å². The van der Waals surface area contributed by atoms with Crippen LogP contribution in [0.3, 0.4) is 0 Å². The molecule has 0 amide bonds. The average Bonchev–Trinajstić information content (AvgIpc) is 2.68. The summed E-state index contributed by atoms with van der Waals surface area (Å²) >= 11 is 12.4. The molecule has 2 aliphatic rings. The van der Waals surface area contributed by atoms with Gasteiger partial charge in [-0.2, -0.15) is 0 Å². The van der Waals surface area contributed by atoms with Gasteiger partial charge in [-0.15, -0.1) is 0 Å². The molecule has 2 aliphatic heterocycles. The molecule has 116 valence electrons. The summed E-state index contributed by atoms with van der Waals surface area (Å²) in [6.07, 6.45) is 5.35. The number of rotatable bonds is 2. The molecule has 0 radical (unpaired) electrons. The van der Waals surface area contributed by atoms with Gasteiger partial charge in [0.1, 0.15) is 0 Å². The first-order chi connectivity index (χ1) is 10.1. The van der Waals surface area contributed by atoms with E-state index in [0.29, 0.717) is 11.1 Å². The molecular weight excluding hydrogens is 303 g/mol. The van der Waals surface area contributed by atoms with E-state index in [2.05, 4.69) is 22.8 Å². The van der Waals surface area contributed by atoms with Crippen LogP contribution >= 0.6 is 23.2 Å². The number of fused-ring (bicyclic) bond motifs is 1. The Labute approximate surface area is 138 Å². The molecule has 2 unspecified atom stereocenters. The topological polar surface area (TPSA) is 6.48 Å². The highest BCUT2D eigenvalue weighted by atomic mass is 35.5. The van der Waals surface area contributed by atoms with Gasteiger partial charge in [-0.1, -0.05) is 35.7 Å². The van der Waals surface area contributed by atoms with Gasteiger partial charge in [0.15, 0.2) is 0 Å². The second-order valence-electron chi connectivity index (χ2n) is 6.38. The van der Waals surface area contributed by atoms with Crippen molar-refractivity contribution in [2.75, 3.05) is 26.2 Å². The molecular formula is C17H24Cl2N2. The maximum atomic E-state index is 6.40. The Balaban J connectivity index is 1.75. The van der Waals surface area contributed by atoms with Crippen molar-refractivity contribution in [3.8, 4) is 0 Å². The second-order valence-corrected chi connectivity index (χ2v) is 7.22. The number of piperidine rings is 1. The fourth-order valence-electron chi connectivity index (χ4n) is 3.79. The van der Waals surface area contributed by atoms with E-state index in [1.54, 1.807) is 0 Å². The van der Waals surface area contributed by atoms with E-state index in [-0.39, 0.29) is 0 Å². The van der Waals surface area contributed by atoms with E-state index in [4.69, 9.17) is 23.2 Å². The predicted molar refractivity (Wildman–Crippen MR) is 90.3 cm³/mol. The number of nitrogens with zero attached hydrogens (tertiary/aromatic N) is 2. The molecule has 2 nitrogen and oxygen atoms in total. The van der Waals surface area contributed by atoms with E-state index in [1.807, 2.05) is 12.1 Å². The molecule has 4 heteroatoms. The second kappa shape index (κ2) is 6.87. The molecule has 0 aliphatic carbocycles. The minimum absolute atomic E-state index is 0.358. The lowest BCUT2D eigenvalue weighted by atomic mass is 10.0. The molecule has 2 saturated heterocycles. The van der Waals surface area contributed by atoms with Crippen molar-refractivity contribution in [3.05, 3.63) is 33.8 Å². The van der Waals surface area contributed by atoms with E-state index < -0.39 is 0 Å². The monoisotopic (exact) mass is 326 g/mol. The molecule has 1 aromatic rings. The normalized spacial score (nSPS) is 26.1. The van der Waals surface area contributed by atoms with Crippen LogP contribution in [0.15, 0.2) is 18.2 Å². The Morgan fingerprint density at radius 3 is 2.71 bits per heavy atom. The standard InChI is InChI=1S/C17H24Cl2N2/c1-13(16-7-6-14(18)11-17(16)19)21-10-4-9-20-8-3-2-5-15(20)12-21/h6-7,11,13,15H,2-5,8-10,12H2,1H3. The van der Waals surface area contributed by atoms with E-state index >= 15 is 0 Å². The zero-order chi connectivity index (χ0) is 14.8. The van der Waals surface area contributed by atoms with E-state index in [1.165, 1.54) is 50.9 Å². The van der Waals surface area contributed by atoms with Gasteiger partial charge in [0.2, 0.25) is 0 Å². The smallest absolute Gasteiger partial charge is 0.0468 e. The first-order valence-electron chi connectivity index (χ1n) is 8.08. The van der Waals surface area contributed by atoms with Crippen molar-refractivity contribution in [3.63, 3.8) is 0 Å². The van der Waals surface area contributed by atoms with Crippen LogP contribution < -0.4 is 0 Å². The van der Waals surface area contributed by atoms with Gasteiger partial charge in [0.05, 0.1) is 0 Å². The first-order valence-corrected chi connectivity index (χ1v) is 8.84. The fraction of sp³-hybridized carbons (Fsp3) is 0.647. The van der Waals surface area contributed by atoms with Crippen LogP contribution in [0.5, 0.6) is 0 Å². The van der Waals surface area contributed by atoms with Crippen LogP contribution in [-0.2, 0) is 0 Å². The summed E-state index contributed by atoms with van der Waals surface area (Å²) in [6.45, 7) is 7.14. The number of hydrogen-bond acceptors (Lipinski definition) is 2. The third-order valence-corrected chi connectivity index (χ3v) is 5.61. The predicted octanol–water partition coefficient (Wildman–Crippen LogP) is 4.61. The third-order valence-electron chi connectivity index (χ3n) is 5.05. The summed E-state index contributed by atoms with van der Waals surface area (Å²) in [5, 5.41) is 1.50. The Hall–Kier alpha value is -0.280. The summed E-state index contributed by atoms with van der Waals surface area (Å²) < 4.78 is 0. The van der Waals surface area contributed by atoms with Gasteiger partial charge in [0, 0.05) is 35.2 Å². The SMILES string of the molecule is CC(c1ccc(Cl)cc1Cl)N1CCCN2CCCCC2C1. The number of halogens is 2. The number of benzene rings is 1. The van der Waals surface area contributed by atoms with Crippen molar-refractivity contribution in [1.29, 1.82) is 0 Å². The Bertz CT molecular complexity index is 492. The zero-order valence-corrected chi connectivity index (χ0v) is 14.2. The summed E-state index contributed by atoms with van der Waals surface area (Å²) in [7, 11) is 0. The zero-order valence-electron chi connectivity index (χ0n) is 12.7. The molecule has 0 aromatic heterocycles. The van der Waals surface area contributed by atoms with Gasteiger partial charge in [-0.05, 0) is 57.0 Å².